The number of hydrogen-bond acceptors (Lipinski definition) is 5. The molecule has 0 amide bonds. The third kappa shape index (κ3) is 5.32. The van der Waals surface area contributed by atoms with Gasteiger partial charge in [0.15, 0.2) is 5.96 Å². The predicted octanol–water partition coefficient (Wildman–Crippen LogP) is 2.18. The molecule has 0 bridgehead atoms. The van der Waals surface area contributed by atoms with Gasteiger partial charge in [-0.25, -0.2) is 0 Å². The maximum atomic E-state index is 6.15. The van der Waals surface area contributed by atoms with Gasteiger partial charge in [0.2, 0.25) is 0 Å². The van der Waals surface area contributed by atoms with E-state index in [0.29, 0.717) is 6.04 Å². The number of guanidine groups is 1. The third-order valence-electron chi connectivity index (χ3n) is 6.92. The summed E-state index contributed by atoms with van der Waals surface area (Å²) >= 11 is 0. The number of anilines is 1. The zero-order valence-corrected chi connectivity index (χ0v) is 19.5. The number of nitrogens with zero attached hydrogens (tertiary/aromatic N) is 4. The maximum absolute atomic E-state index is 6.15. The molecule has 2 atom stereocenters. The van der Waals surface area contributed by atoms with E-state index in [9.17, 15) is 0 Å². The molecule has 7 nitrogen and oxygen atoms in total. The topological polar surface area (TPSA) is 52.6 Å². The molecule has 3 aliphatic rings. The fourth-order valence-corrected chi connectivity index (χ4v) is 5.11. The first-order chi connectivity index (χ1) is 16.3. The van der Waals surface area contributed by atoms with Crippen LogP contribution in [0.5, 0.6) is 0 Å². The van der Waals surface area contributed by atoms with Crippen molar-refractivity contribution in [2.24, 2.45) is 4.99 Å². The quantitative estimate of drug-likeness (QED) is 0.558. The summed E-state index contributed by atoms with van der Waals surface area (Å²) in [5.74, 6) is 0.949. The Bertz CT molecular complexity index is 914. The molecule has 5 rings (SSSR count). The first kappa shape index (κ1) is 22.2. The van der Waals surface area contributed by atoms with E-state index in [4.69, 9.17) is 9.47 Å². The van der Waals surface area contributed by atoms with Gasteiger partial charge in [0, 0.05) is 58.5 Å². The maximum Gasteiger partial charge on any atom is 0.194 e. The number of rotatable bonds is 5. The largest absolute Gasteiger partial charge is 0.378 e. The predicted molar refractivity (Wildman–Crippen MR) is 132 cm³/mol. The van der Waals surface area contributed by atoms with Crippen molar-refractivity contribution in [2.75, 3.05) is 64.5 Å². The Hall–Kier alpha value is -2.61. The summed E-state index contributed by atoms with van der Waals surface area (Å²) in [5.41, 5.74) is 3.89. The average molecular weight is 450 g/mol. The highest BCUT2D eigenvalue weighted by molar-refractivity contribution is 5.80. The summed E-state index contributed by atoms with van der Waals surface area (Å²) in [7, 11) is 1.87. The molecule has 2 unspecified atom stereocenters. The van der Waals surface area contributed by atoms with E-state index >= 15 is 0 Å². The third-order valence-corrected chi connectivity index (χ3v) is 6.92. The van der Waals surface area contributed by atoms with Crippen molar-refractivity contribution in [3.05, 3.63) is 65.7 Å². The Labute approximate surface area is 197 Å². The van der Waals surface area contributed by atoms with Gasteiger partial charge in [-0.05, 0) is 23.3 Å². The van der Waals surface area contributed by atoms with Gasteiger partial charge in [0.1, 0.15) is 0 Å². The highest BCUT2D eigenvalue weighted by atomic mass is 16.5. The number of likely N-dealkylation sites (tertiary alicyclic amines) is 1. The van der Waals surface area contributed by atoms with Crippen LogP contribution in [-0.2, 0) is 22.6 Å². The van der Waals surface area contributed by atoms with Crippen molar-refractivity contribution in [1.29, 1.82) is 0 Å². The molecule has 0 aliphatic carbocycles. The molecule has 3 heterocycles. The molecule has 3 aliphatic heterocycles. The van der Waals surface area contributed by atoms with E-state index in [-0.39, 0.29) is 6.10 Å². The minimum atomic E-state index is 0.230. The van der Waals surface area contributed by atoms with Gasteiger partial charge < -0.3 is 24.6 Å². The van der Waals surface area contributed by atoms with E-state index in [0.717, 1.165) is 71.6 Å². The summed E-state index contributed by atoms with van der Waals surface area (Å²) in [6.45, 7) is 8.87. The fraction of sp³-hybridized carbons (Fsp3) is 0.500. The Balaban J connectivity index is 1.17. The van der Waals surface area contributed by atoms with Crippen LogP contribution in [0.25, 0.3) is 0 Å². The van der Waals surface area contributed by atoms with E-state index < -0.39 is 0 Å². The first-order valence-corrected chi connectivity index (χ1v) is 12.1. The van der Waals surface area contributed by atoms with Crippen molar-refractivity contribution < 1.29 is 9.47 Å². The van der Waals surface area contributed by atoms with Crippen molar-refractivity contribution in [3.63, 3.8) is 0 Å². The first-order valence-electron chi connectivity index (χ1n) is 12.1. The molecular weight excluding hydrogens is 414 g/mol. The lowest BCUT2D eigenvalue weighted by atomic mass is 10.1. The van der Waals surface area contributed by atoms with Crippen LogP contribution in [-0.4, -0.2) is 87.5 Å². The molecule has 2 aromatic carbocycles. The van der Waals surface area contributed by atoms with Crippen molar-refractivity contribution in [3.8, 4) is 0 Å². The van der Waals surface area contributed by atoms with E-state index in [1.54, 1.807) is 0 Å². The highest BCUT2D eigenvalue weighted by Gasteiger charge is 2.41. The number of morpholine rings is 2. The summed E-state index contributed by atoms with van der Waals surface area (Å²) < 4.78 is 11.6. The SMILES string of the molecule is CN=C(NCc1ccc(N2CCOCC2)cc1)N1CC2OCCN(Cc3ccccc3)C2C1. The highest BCUT2D eigenvalue weighted by Crippen LogP contribution is 2.25. The standard InChI is InChI=1S/C26H35N5O2/c1-27-26(28-17-21-7-9-23(10-8-21)29-11-14-32-15-12-29)31-19-24-25(20-31)33-16-13-30(24)18-22-5-3-2-4-6-22/h2-10,24-25H,11-20H2,1H3,(H,27,28). The molecule has 0 aromatic heterocycles. The fourth-order valence-electron chi connectivity index (χ4n) is 5.11. The second-order valence-electron chi connectivity index (χ2n) is 9.00. The molecule has 0 radical (unpaired) electrons. The van der Waals surface area contributed by atoms with Gasteiger partial charge in [-0.1, -0.05) is 42.5 Å². The average Bonchev–Trinajstić information content (AvgIpc) is 3.31. The van der Waals surface area contributed by atoms with Crippen LogP contribution < -0.4 is 10.2 Å². The molecule has 0 spiro atoms. The van der Waals surface area contributed by atoms with E-state index in [1.807, 2.05) is 7.05 Å². The van der Waals surface area contributed by atoms with Gasteiger partial charge >= 0.3 is 0 Å². The van der Waals surface area contributed by atoms with Gasteiger partial charge in [-0.15, -0.1) is 0 Å². The Morgan fingerprint density at radius 2 is 1.73 bits per heavy atom. The second kappa shape index (κ2) is 10.5. The minimum Gasteiger partial charge on any atom is -0.378 e. The lowest BCUT2D eigenvalue weighted by molar-refractivity contribution is -0.0502. The van der Waals surface area contributed by atoms with Crippen molar-refractivity contribution in [1.82, 2.24) is 15.1 Å². The zero-order chi connectivity index (χ0) is 22.5. The molecule has 0 saturated carbocycles. The van der Waals surface area contributed by atoms with Crippen LogP contribution in [0.4, 0.5) is 5.69 Å². The van der Waals surface area contributed by atoms with Gasteiger partial charge in [-0.2, -0.15) is 0 Å². The number of fused-ring (bicyclic) bond motifs is 1. The van der Waals surface area contributed by atoms with Crippen LogP contribution in [0.3, 0.4) is 0 Å². The van der Waals surface area contributed by atoms with Crippen LogP contribution in [0.1, 0.15) is 11.1 Å². The lowest BCUT2D eigenvalue weighted by Crippen LogP contribution is -2.50. The van der Waals surface area contributed by atoms with Crippen LogP contribution >= 0.6 is 0 Å². The Morgan fingerprint density at radius 1 is 0.939 bits per heavy atom. The summed E-state index contributed by atoms with van der Waals surface area (Å²) in [6, 6.07) is 20.0. The number of benzene rings is 2. The number of aliphatic imine (C=N–C) groups is 1. The summed E-state index contributed by atoms with van der Waals surface area (Å²) in [6.07, 6.45) is 0.230. The van der Waals surface area contributed by atoms with Crippen LogP contribution in [0.2, 0.25) is 0 Å². The van der Waals surface area contributed by atoms with Crippen LogP contribution in [0.15, 0.2) is 59.6 Å². The molecular formula is C26H35N5O2. The van der Waals surface area contributed by atoms with Gasteiger partial charge in [-0.3, -0.25) is 9.89 Å². The normalized spacial score (nSPS) is 24.1. The molecule has 33 heavy (non-hydrogen) atoms. The smallest absolute Gasteiger partial charge is 0.194 e. The number of nitrogens with one attached hydrogen (secondary N) is 1. The van der Waals surface area contributed by atoms with E-state index in [2.05, 4.69) is 79.6 Å². The van der Waals surface area contributed by atoms with Gasteiger partial charge in [0.05, 0.1) is 32.0 Å². The summed E-state index contributed by atoms with van der Waals surface area (Å²) in [4.78, 5) is 11.9. The summed E-state index contributed by atoms with van der Waals surface area (Å²) in [5, 5.41) is 3.57. The zero-order valence-electron chi connectivity index (χ0n) is 19.5. The molecule has 176 valence electrons. The molecule has 1 N–H and O–H groups in total. The second-order valence-corrected chi connectivity index (χ2v) is 9.00. The minimum absolute atomic E-state index is 0.230. The molecule has 3 fully saturated rings. The Kier molecular flexibility index (Phi) is 7.09. The van der Waals surface area contributed by atoms with Crippen molar-refractivity contribution >= 4 is 11.6 Å². The molecule has 7 heteroatoms. The number of ether oxygens (including phenoxy) is 2. The van der Waals surface area contributed by atoms with Crippen molar-refractivity contribution in [2.45, 2.75) is 25.2 Å². The molecule has 3 saturated heterocycles. The van der Waals surface area contributed by atoms with Crippen LogP contribution in [0, 0.1) is 0 Å². The van der Waals surface area contributed by atoms with E-state index in [1.165, 1.54) is 16.8 Å². The Morgan fingerprint density at radius 3 is 2.48 bits per heavy atom. The molecule has 2 aromatic rings. The van der Waals surface area contributed by atoms with Gasteiger partial charge in [0.25, 0.3) is 0 Å². The lowest BCUT2D eigenvalue weighted by Gasteiger charge is -2.36. The monoisotopic (exact) mass is 449 g/mol. The number of hydrogen-bond donors (Lipinski definition) is 1.